The number of benzene rings is 1. The van der Waals surface area contributed by atoms with E-state index in [1.54, 1.807) is 31.5 Å². The van der Waals surface area contributed by atoms with E-state index < -0.39 is 0 Å². The van der Waals surface area contributed by atoms with Gasteiger partial charge in [0, 0.05) is 32.1 Å². The van der Waals surface area contributed by atoms with Crippen molar-refractivity contribution in [3.8, 4) is 17.0 Å². The summed E-state index contributed by atoms with van der Waals surface area (Å²) in [6.45, 7) is 0. The molecule has 0 fully saturated rings. The fourth-order valence-corrected chi connectivity index (χ4v) is 1.25. The number of methoxy groups -OCH3 is 1. The molecular formula is C12H9FIrNO-. The molecule has 0 atom stereocenters. The maximum Gasteiger partial charge on any atom is 0.113 e. The van der Waals surface area contributed by atoms with Crippen LogP contribution >= 0.6 is 0 Å². The summed E-state index contributed by atoms with van der Waals surface area (Å²) in [6.07, 6.45) is 1.64. The third-order valence-corrected chi connectivity index (χ3v) is 2.02. The van der Waals surface area contributed by atoms with Crippen LogP contribution in [-0.4, -0.2) is 12.1 Å². The Morgan fingerprint density at radius 1 is 1.31 bits per heavy atom. The zero-order valence-corrected chi connectivity index (χ0v) is 10.9. The number of pyridine rings is 1. The molecule has 0 aliphatic heterocycles. The van der Waals surface area contributed by atoms with Gasteiger partial charge in [0.1, 0.15) is 5.75 Å². The number of nitrogens with zero attached hydrogens (tertiary/aromatic N) is 1. The van der Waals surface area contributed by atoms with E-state index in [-0.39, 0.29) is 25.9 Å². The van der Waals surface area contributed by atoms with Crippen LogP contribution in [0.3, 0.4) is 0 Å². The number of halogens is 1. The molecule has 0 saturated heterocycles. The van der Waals surface area contributed by atoms with Crippen molar-refractivity contribution in [2.45, 2.75) is 0 Å². The van der Waals surface area contributed by atoms with Gasteiger partial charge >= 0.3 is 0 Å². The second kappa shape index (κ2) is 5.73. The molecule has 2 aromatic rings. The average molecular weight is 394 g/mol. The zero-order chi connectivity index (χ0) is 10.7. The van der Waals surface area contributed by atoms with Gasteiger partial charge in [0.15, 0.2) is 0 Å². The molecular weight excluding hydrogens is 385 g/mol. The van der Waals surface area contributed by atoms with Gasteiger partial charge in [0.05, 0.1) is 7.11 Å². The average Bonchev–Trinajstić information content (AvgIpc) is 2.30. The molecule has 2 rings (SSSR count). The summed E-state index contributed by atoms with van der Waals surface area (Å²) in [5, 5.41) is 0. The van der Waals surface area contributed by atoms with Crippen molar-refractivity contribution in [3.05, 3.63) is 48.4 Å². The Balaban J connectivity index is 0.00000128. The van der Waals surface area contributed by atoms with Gasteiger partial charge in [-0.2, -0.15) is 0 Å². The number of hydrogen-bond acceptors (Lipinski definition) is 2. The number of rotatable bonds is 2. The van der Waals surface area contributed by atoms with Crippen molar-refractivity contribution in [3.63, 3.8) is 0 Å². The largest absolute Gasteiger partial charge is 0.497 e. The van der Waals surface area contributed by atoms with Gasteiger partial charge < -0.3 is 9.72 Å². The summed E-state index contributed by atoms with van der Waals surface area (Å²) in [4.78, 5) is 4.15. The first-order valence-electron chi connectivity index (χ1n) is 4.47. The van der Waals surface area contributed by atoms with E-state index in [9.17, 15) is 4.39 Å². The third kappa shape index (κ3) is 2.87. The summed E-state index contributed by atoms with van der Waals surface area (Å²) < 4.78 is 17.7. The van der Waals surface area contributed by atoms with Crippen LogP contribution < -0.4 is 4.74 Å². The minimum Gasteiger partial charge on any atom is -0.497 e. The van der Waals surface area contributed by atoms with Crippen molar-refractivity contribution >= 4 is 0 Å². The number of ether oxygens (including phenoxy) is 1. The molecule has 0 amide bonds. The van der Waals surface area contributed by atoms with E-state index in [2.05, 4.69) is 11.1 Å². The molecule has 0 N–H and O–H groups in total. The van der Waals surface area contributed by atoms with Gasteiger partial charge in [-0.25, -0.2) is 0 Å². The first kappa shape index (κ1) is 12.8. The van der Waals surface area contributed by atoms with Crippen molar-refractivity contribution in [2.75, 3.05) is 7.11 Å². The smallest absolute Gasteiger partial charge is 0.113 e. The number of aromatic nitrogens is 1. The predicted molar refractivity (Wildman–Crippen MR) is 55.0 cm³/mol. The van der Waals surface area contributed by atoms with E-state index in [1.807, 2.05) is 0 Å². The van der Waals surface area contributed by atoms with Gasteiger partial charge in [-0.15, -0.1) is 29.8 Å². The Labute approximate surface area is 107 Å². The molecule has 0 aliphatic carbocycles. The van der Waals surface area contributed by atoms with E-state index in [4.69, 9.17) is 4.74 Å². The zero-order valence-electron chi connectivity index (χ0n) is 8.53. The second-order valence-electron chi connectivity index (χ2n) is 3.00. The molecule has 0 aliphatic rings. The van der Waals surface area contributed by atoms with Crippen LogP contribution in [0, 0.1) is 11.9 Å². The van der Waals surface area contributed by atoms with Crippen LogP contribution in [0.5, 0.6) is 5.75 Å². The van der Waals surface area contributed by atoms with Crippen LogP contribution in [0.2, 0.25) is 0 Å². The minimum absolute atomic E-state index is 0. The maximum absolute atomic E-state index is 12.7. The van der Waals surface area contributed by atoms with Gasteiger partial charge in [-0.05, 0) is 17.8 Å². The normalized spacial score (nSPS) is 9.38. The van der Waals surface area contributed by atoms with Crippen molar-refractivity contribution in [1.29, 1.82) is 0 Å². The molecule has 0 saturated carbocycles. The Bertz CT molecular complexity index is 459. The summed E-state index contributed by atoms with van der Waals surface area (Å²) in [6, 6.07) is 10.7. The van der Waals surface area contributed by atoms with Crippen molar-refractivity contribution in [1.82, 2.24) is 4.98 Å². The topological polar surface area (TPSA) is 22.1 Å². The van der Waals surface area contributed by atoms with Gasteiger partial charge in [0.2, 0.25) is 0 Å². The number of hydrogen-bond donors (Lipinski definition) is 0. The van der Waals surface area contributed by atoms with E-state index in [0.29, 0.717) is 5.69 Å². The molecule has 1 aromatic heterocycles. The fourth-order valence-electron chi connectivity index (χ4n) is 1.25. The first-order chi connectivity index (χ1) is 7.29. The molecule has 1 aromatic carbocycles. The maximum atomic E-state index is 12.7. The van der Waals surface area contributed by atoms with Crippen LogP contribution in [0.15, 0.2) is 36.5 Å². The molecule has 16 heavy (non-hydrogen) atoms. The molecule has 0 unspecified atom stereocenters. The SMILES string of the molecule is COc1ccnc(-c2[c-]cc(F)cc2)c1.[Ir]. The van der Waals surface area contributed by atoms with Crippen LogP contribution in [0.25, 0.3) is 11.3 Å². The van der Waals surface area contributed by atoms with Crippen molar-refractivity contribution < 1.29 is 29.2 Å². The summed E-state index contributed by atoms with van der Waals surface area (Å²) in [5.41, 5.74) is 1.46. The van der Waals surface area contributed by atoms with E-state index in [1.165, 1.54) is 12.1 Å². The van der Waals surface area contributed by atoms with E-state index in [0.717, 1.165) is 11.3 Å². The Morgan fingerprint density at radius 2 is 2.12 bits per heavy atom. The molecule has 1 heterocycles. The molecule has 85 valence electrons. The molecule has 4 heteroatoms. The quantitative estimate of drug-likeness (QED) is 0.731. The predicted octanol–water partition coefficient (Wildman–Crippen LogP) is 2.69. The Morgan fingerprint density at radius 3 is 2.75 bits per heavy atom. The second-order valence-corrected chi connectivity index (χ2v) is 3.00. The monoisotopic (exact) mass is 395 g/mol. The molecule has 0 bridgehead atoms. The Hall–Kier alpha value is -1.25. The minimum atomic E-state index is -0.304. The van der Waals surface area contributed by atoms with Crippen molar-refractivity contribution in [2.24, 2.45) is 0 Å². The van der Waals surface area contributed by atoms with Crippen LogP contribution in [-0.2, 0) is 20.1 Å². The third-order valence-electron chi connectivity index (χ3n) is 2.02. The summed E-state index contributed by atoms with van der Waals surface area (Å²) >= 11 is 0. The van der Waals surface area contributed by atoms with Gasteiger partial charge in [0.25, 0.3) is 0 Å². The fraction of sp³-hybridized carbons (Fsp3) is 0.0833. The van der Waals surface area contributed by atoms with E-state index >= 15 is 0 Å². The molecule has 0 spiro atoms. The summed E-state index contributed by atoms with van der Waals surface area (Å²) in [5.74, 6) is 0.416. The standard InChI is InChI=1S/C12H9FNO.Ir/c1-15-11-6-7-14-12(8-11)9-2-4-10(13)5-3-9;/h2,4-8H,1H3;/q-1;. The Kier molecular flexibility index (Phi) is 4.59. The van der Waals surface area contributed by atoms with Gasteiger partial charge in [-0.3, -0.25) is 4.39 Å². The molecule has 2 nitrogen and oxygen atoms in total. The van der Waals surface area contributed by atoms with Crippen LogP contribution in [0.4, 0.5) is 4.39 Å². The molecule has 1 radical (unpaired) electrons. The van der Waals surface area contributed by atoms with Gasteiger partial charge in [-0.1, -0.05) is 0 Å². The first-order valence-corrected chi connectivity index (χ1v) is 4.47. The van der Waals surface area contributed by atoms with Crippen LogP contribution in [0.1, 0.15) is 0 Å². The summed E-state index contributed by atoms with van der Waals surface area (Å²) in [7, 11) is 1.59.